The van der Waals surface area contributed by atoms with E-state index in [0.29, 0.717) is 13.1 Å². The summed E-state index contributed by atoms with van der Waals surface area (Å²) in [6.07, 6.45) is 2.10. The predicted molar refractivity (Wildman–Crippen MR) is 108 cm³/mol. The van der Waals surface area contributed by atoms with Crippen molar-refractivity contribution in [3.05, 3.63) is 70.8 Å². The molecule has 0 fully saturated rings. The van der Waals surface area contributed by atoms with Crippen molar-refractivity contribution < 1.29 is 13.2 Å². The fourth-order valence-electron chi connectivity index (χ4n) is 3.53. The molecule has 0 aliphatic carbocycles. The second-order valence-electron chi connectivity index (χ2n) is 7.40. The molecule has 1 unspecified atom stereocenters. The van der Waals surface area contributed by atoms with E-state index in [1.807, 2.05) is 55.5 Å². The Balaban J connectivity index is 1.50. The number of fused-ring (bicyclic) bond motifs is 1. The lowest BCUT2D eigenvalue weighted by Gasteiger charge is -2.26. The molecule has 0 aromatic heterocycles. The predicted octanol–water partition coefficient (Wildman–Crippen LogP) is 2.28. The van der Waals surface area contributed by atoms with Crippen LogP contribution in [0.5, 0.6) is 0 Å². The molecule has 27 heavy (non-hydrogen) atoms. The largest absolute Gasteiger partial charge is 0.348 e. The molecule has 6 heteroatoms. The summed E-state index contributed by atoms with van der Waals surface area (Å²) in [4.78, 5) is 12.1. The van der Waals surface area contributed by atoms with E-state index >= 15 is 0 Å². The van der Waals surface area contributed by atoms with Crippen molar-refractivity contribution in [2.24, 2.45) is 0 Å². The van der Waals surface area contributed by atoms with E-state index in [1.165, 1.54) is 6.26 Å². The Bertz CT molecular complexity index is 907. The summed E-state index contributed by atoms with van der Waals surface area (Å²) in [5.41, 5.74) is 4.03. The van der Waals surface area contributed by atoms with Crippen LogP contribution >= 0.6 is 0 Å². The number of carbonyl (C=O) groups is 1. The van der Waals surface area contributed by atoms with Crippen LogP contribution < -0.4 is 10.6 Å². The van der Waals surface area contributed by atoms with Crippen LogP contribution in [0, 0.1) is 0 Å². The molecular formula is C21H26N2O3S. The number of nitrogens with one attached hydrogen (secondary N) is 2. The lowest BCUT2D eigenvalue weighted by molar-refractivity contribution is 0.0924. The van der Waals surface area contributed by atoms with E-state index in [-0.39, 0.29) is 23.6 Å². The molecule has 1 aliphatic heterocycles. The van der Waals surface area contributed by atoms with Crippen molar-refractivity contribution in [3.8, 4) is 0 Å². The maximum Gasteiger partial charge on any atom is 0.251 e. The molecular weight excluding hydrogens is 360 g/mol. The number of benzene rings is 2. The van der Waals surface area contributed by atoms with Crippen molar-refractivity contribution in [1.82, 2.24) is 10.6 Å². The van der Waals surface area contributed by atoms with Crippen LogP contribution in [0.3, 0.4) is 0 Å². The zero-order valence-electron chi connectivity index (χ0n) is 15.7. The van der Waals surface area contributed by atoms with Gasteiger partial charge in [0.2, 0.25) is 0 Å². The number of hydrogen-bond donors (Lipinski definition) is 2. The minimum Gasteiger partial charge on any atom is -0.348 e. The quantitative estimate of drug-likeness (QED) is 0.766. The van der Waals surface area contributed by atoms with Crippen LogP contribution in [0.4, 0.5) is 0 Å². The molecule has 2 aromatic carbocycles. The maximum absolute atomic E-state index is 12.1. The van der Waals surface area contributed by atoms with Crippen LogP contribution in [0.2, 0.25) is 0 Å². The Morgan fingerprint density at radius 3 is 2.56 bits per heavy atom. The molecule has 144 valence electrons. The number of amides is 1. The molecule has 1 aliphatic rings. The highest BCUT2D eigenvalue weighted by Gasteiger charge is 2.23. The molecule has 2 aromatic rings. The Kier molecular flexibility index (Phi) is 5.97. The van der Waals surface area contributed by atoms with Gasteiger partial charge in [0.25, 0.3) is 5.91 Å². The number of carbonyl (C=O) groups excluding carboxylic acids is 1. The van der Waals surface area contributed by atoms with Crippen LogP contribution in [0.1, 0.15) is 39.9 Å². The molecule has 0 spiro atoms. The molecule has 0 radical (unpaired) electrons. The van der Waals surface area contributed by atoms with Crippen LogP contribution in [-0.4, -0.2) is 38.9 Å². The molecule has 0 saturated heterocycles. The van der Waals surface area contributed by atoms with E-state index in [0.717, 1.165) is 28.7 Å². The highest BCUT2D eigenvalue weighted by molar-refractivity contribution is 7.90. The number of rotatable bonds is 7. The highest BCUT2D eigenvalue weighted by Crippen LogP contribution is 2.18. The standard InChI is InChI=1S/C21H26N2O3S/c1-15(14-27(2,25)26)17-9-7-16(8-10-17)12-22-13-19-11-18-5-3-4-6-20(18)21(24)23-19/h3-10,15,19,22H,11-14H2,1-2H3,(H,23,24)/t15-,19?/m0/s1. The fourth-order valence-corrected chi connectivity index (χ4v) is 4.63. The first-order valence-electron chi connectivity index (χ1n) is 9.18. The van der Waals surface area contributed by atoms with Crippen molar-refractivity contribution >= 4 is 15.7 Å². The second kappa shape index (κ2) is 8.23. The second-order valence-corrected chi connectivity index (χ2v) is 9.58. The van der Waals surface area contributed by atoms with E-state index in [9.17, 15) is 13.2 Å². The van der Waals surface area contributed by atoms with Crippen molar-refractivity contribution in [2.45, 2.75) is 31.8 Å². The van der Waals surface area contributed by atoms with Crippen LogP contribution in [-0.2, 0) is 22.8 Å². The molecule has 2 atom stereocenters. The van der Waals surface area contributed by atoms with Gasteiger partial charge in [0, 0.05) is 31.0 Å². The Labute approximate surface area is 161 Å². The zero-order chi connectivity index (χ0) is 19.4. The van der Waals surface area contributed by atoms with Gasteiger partial charge in [0.05, 0.1) is 5.75 Å². The monoisotopic (exact) mass is 386 g/mol. The van der Waals surface area contributed by atoms with Crippen LogP contribution in [0.25, 0.3) is 0 Å². The van der Waals surface area contributed by atoms with E-state index in [1.54, 1.807) is 0 Å². The van der Waals surface area contributed by atoms with Gasteiger partial charge >= 0.3 is 0 Å². The Morgan fingerprint density at radius 2 is 1.85 bits per heavy atom. The average molecular weight is 387 g/mol. The van der Waals surface area contributed by atoms with Gasteiger partial charge in [-0.1, -0.05) is 49.4 Å². The van der Waals surface area contributed by atoms with Crippen molar-refractivity contribution in [1.29, 1.82) is 0 Å². The van der Waals surface area contributed by atoms with Gasteiger partial charge in [0.1, 0.15) is 9.84 Å². The molecule has 2 N–H and O–H groups in total. The van der Waals surface area contributed by atoms with E-state index in [4.69, 9.17) is 0 Å². The minimum atomic E-state index is -2.98. The summed E-state index contributed by atoms with van der Waals surface area (Å²) < 4.78 is 22.9. The number of hydrogen-bond acceptors (Lipinski definition) is 4. The third kappa shape index (κ3) is 5.40. The van der Waals surface area contributed by atoms with Gasteiger partial charge in [0.15, 0.2) is 0 Å². The summed E-state index contributed by atoms with van der Waals surface area (Å²) in [7, 11) is -2.98. The number of sulfone groups is 1. The summed E-state index contributed by atoms with van der Waals surface area (Å²) >= 11 is 0. The summed E-state index contributed by atoms with van der Waals surface area (Å²) in [6, 6.07) is 15.8. The summed E-state index contributed by atoms with van der Waals surface area (Å²) in [5, 5.41) is 6.45. The molecule has 3 rings (SSSR count). The topological polar surface area (TPSA) is 75.3 Å². The fraction of sp³-hybridized carbons (Fsp3) is 0.381. The van der Waals surface area contributed by atoms with Gasteiger partial charge in [-0.25, -0.2) is 8.42 Å². The third-order valence-electron chi connectivity index (χ3n) is 4.88. The van der Waals surface area contributed by atoms with Gasteiger partial charge in [-0.2, -0.15) is 0 Å². The SMILES string of the molecule is C[C@@H](CS(C)(=O)=O)c1ccc(CNCC2Cc3ccccc3C(=O)N2)cc1. The first kappa shape index (κ1) is 19.6. The Hall–Kier alpha value is -2.18. The van der Waals surface area contributed by atoms with Crippen molar-refractivity contribution in [2.75, 3.05) is 18.6 Å². The van der Waals surface area contributed by atoms with Gasteiger partial charge in [-0.3, -0.25) is 4.79 Å². The van der Waals surface area contributed by atoms with Gasteiger partial charge in [-0.05, 0) is 35.1 Å². The van der Waals surface area contributed by atoms with Gasteiger partial charge < -0.3 is 10.6 Å². The molecule has 0 saturated carbocycles. The normalized spacial score (nSPS) is 17.9. The highest BCUT2D eigenvalue weighted by atomic mass is 32.2. The first-order chi connectivity index (χ1) is 12.8. The molecule has 0 bridgehead atoms. The van der Waals surface area contributed by atoms with E-state index in [2.05, 4.69) is 10.6 Å². The molecule has 1 heterocycles. The lowest BCUT2D eigenvalue weighted by Crippen LogP contribution is -2.46. The summed E-state index contributed by atoms with van der Waals surface area (Å²) in [5.74, 6) is 0.139. The third-order valence-corrected chi connectivity index (χ3v) is 5.99. The zero-order valence-corrected chi connectivity index (χ0v) is 16.6. The lowest BCUT2D eigenvalue weighted by atomic mass is 9.95. The minimum absolute atomic E-state index is 0.00660. The molecule has 1 amide bonds. The van der Waals surface area contributed by atoms with Crippen LogP contribution in [0.15, 0.2) is 48.5 Å². The summed E-state index contributed by atoms with van der Waals surface area (Å²) in [6.45, 7) is 3.33. The first-order valence-corrected chi connectivity index (χ1v) is 11.2. The molecule has 5 nitrogen and oxygen atoms in total. The van der Waals surface area contributed by atoms with E-state index < -0.39 is 9.84 Å². The smallest absolute Gasteiger partial charge is 0.251 e. The Morgan fingerprint density at radius 1 is 1.15 bits per heavy atom. The average Bonchev–Trinajstić information content (AvgIpc) is 2.61. The van der Waals surface area contributed by atoms with Crippen molar-refractivity contribution in [3.63, 3.8) is 0 Å². The van der Waals surface area contributed by atoms with Gasteiger partial charge in [-0.15, -0.1) is 0 Å². The maximum atomic E-state index is 12.1.